The maximum Gasteiger partial charge on any atom is 0.228 e. The highest BCUT2D eigenvalue weighted by molar-refractivity contribution is 5.63. The van der Waals surface area contributed by atoms with Crippen LogP contribution in [-0.4, -0.2) is 20.2 Å². The zero-order chi connectivity index (χ0) is 12.0. The molecular formula is C14H16N2O. The highest BCUT2D eigenvalue weighted by Crippen LogP contribution is 2.50. The van der Waals surface area contributed by atoms with Gasteiger partial charge in [0.1, 0.15) is 5.75 Å². The van der Waals surface area contributed by atoms with Crippen LogP contribution in [0.1, 0.15) is 29.9 Å². The van der Waals surface area contributed by atoms with Gasteiger partial charge in [0.25, 0.3) is 0 Å². The van der Waals surface area contributed by atoms with Crippen molar-refractivity contribution < 1.29 is 4.74 Å². The van der Waals surface area contributed by atoms with Crippen molar-refractivity contribution in [3.8, 4) is 5.75 Å². The van der Waals surface area contributed by atoms with Gasteiger partial charge in [-0.25, -0.2) is 4.85 Å². The zero-order valence-corrected chi connectivity index (χ0v) is 10.2. The third-order valence-corrected chi connectivity index (χ3v) is 4.30. The molecule has 3 atom stereocenters. The molecule has 1 fully saturated rings. The number of nitrogens with one attached hydrogen (secondary N) is 1. The summed E-state index contributed by atoms with van der Waals surface area (Å²) in [5, 5.41) is 3.46. The van der Waals surface area contributed by atoms with Gasteiger partial charge >= 0.3 is 0 Å². The second kappa shape index (κ2) is 3.75. The molecule has 1 aromatic rings. The van der Waals surface area contributed by atoms with E-state index < -0.39 is 0 Å². The average molecular weight is 228 g/mol. The molecule has 1 heterocycles. The Morgan fingerprint density at radius 3 is 2.88 bits per heavy atom. The Morgan fingerprint density at radius 2 is 2.18 bits per heavy atom. The summed E-state index contributed by atoms with van der Waals surface area (Å²) < 4.78 is 5.31. The summed E-state index contributed by atoms with van der Waals surface area (Å²) in [5.41, 5.74) is 3.39. The Bertz CT molecular complexity index is 504. The molecule has 88 valence electrons. The molecule has 1 aliphatic heterocycles. The van der Waals surface area contributed by atoms with Gasteiger partial charge < -0.3 is 10.1 Å². The number of hydrogen-bond donors (Lipinski definition) is 1. The standard InChI is InChI=1S/C14H16N2O/c1-8-9-4-13(15-2)14(17-3)5-10(9)12-7-16-6-11(8)12/h4-5,8,11-12,16H,6-7H2,1,3H3. The van der Waals surface area contributed by atoms with E-state index >= 15 is 0 Å². The molecule has 0 amide bonds. The van der Waals surface area contributed by atoms with Gasteiger partial charge in [-0.1, -0.05) is 12.5 Å². The van der Waals surface area contributed by atoms with Gasteiger partial charge in [-0.2, -0.15) is 0 Å². The monoisotopic (exact) mass is 228 g/mol. The molecule has 2 aliphatic rings. The van der Waals surface area contributed by atoms with Crippen molar-refractivity contribution in [2.45, 2.75) is 18.8 Å². The number of hydrogen-bond acceptors (Lipinski definition) is 2. The Labute approximate surface area is 102 Å². The van der Waals surface area contributed by atoms with Crippen LogP contribution in [0.5, 0.6) is 5.75 Å². The van der Waals surface area contributed by atoms with Gasteiger partial charge in [-0.05, 0) is 36.1 Å². The number of fused-ring (bicyclic) bond motifs is 3. The molecule has 1 N–H and O–H groups in total. The zero-order valence-electron chi connectivity index (χ0n) is 10.2. The first kappa shape index (κ1) is 10.6. The van der Waals surface area contributed by atoms with Crippen LogP contribution in [-0.2, 0) is 0 Å². The van der Waals surface area contributed by atoms with Crippen LogP contribution in [0.3, 0.4) is 0 Å². The van der Waals surface area contributed by atoms with E-state index in [0.717, 1.165) is 18.8 Å². The number of nitrogens with zero attached hydrogens (tertiary/aromatic N) is 1. The van der Waals surface area contributed by atoms with E-state index in [4.69, 9.17) is 11.3 Å². The maximum absolute atomic E-state index is 7.21. The Balaban J connectivity index is 2.15. The minimum atomic E-state index is 0.552. The van der Waals surface area contributed by atoms with Gasteiger partial charge in [0, 0.05) is 12.5 Å². The Morgan fingerprint density at radius 1 is 1.35 bits per heavy atom. The molecule has 0 radical (unpaired) electrons. The summed E-state index contributed by atoms with van der Waals surface area (Å²) in [6, 6.07) is 4.11. The molecule has 17 heavy (non-hydrogen) atoms. The largest absolute Gasteiger partial charge is 0.508 e. The fraction of sp³-hybridized carbons (Fsp3) is 0.500. The molecule has 3 unspecified atom stereocenters. The predicted octanol–water partition coefficient (Wildman–Crippen LogP) is 2.67. The van der Waals surface area contributed by atoms with Crippen molar-refractivity contribution in [3.05, 3.63) is 34.7 Å². The third-order valence-electron chi connectivity index (χ3n) is 4.30. The fourth-order valence-corrected chi connectivity index (χ4v) is 3.36. The van der Waals surface area contributed by atoms with Crippen LogP contribution < -0.4 is 10.1 Å². The Hall–Kier alpha value is -1.53. The average Bonchev–Trinajstić information content (AvgIpc) is 2.92. The van der Waals surface area contributed by atoms with Crippen LogP contribution in [0.15, 0.2) is 12.1 Å². The molecule has 3 rings (SSSR count). The van der Waals surface area contributed by atoms with Crippen molar-refractivity contribution in [3.63, 3.8) is 0 Å². The van der Waals surface area contributed by atoms with E-state index in [0.29, 0.717) is 23.4 Å². The molecule has 3 heteroatoms. The van der Waals surface area contributed by atoms with Crippen LogP contribution in [0.2, 0.25) is 0 Å². The van der Waals surface area contributed by atoms with Crippen LogP contribution >= 0.6 is 0 Å². The quantitative estimate of drug-likeness (QED) is 0.748. The van der Waals surface area contributed by atoms with E-state index in [9.17, 15) is 0 Å². The van der Waals surface area contributed by atoms with Gasteiger partial charge in [0.2, 0.25) is 5.69 Å². The fourth-order valence-electron chi connectivity index (χ4n) is 3.36. The SMILES string of the molecule is [C-]#[N+]c1cc2c(cc1OC)C1CNCC1C2C. The molecule has 0 bridgehead atoms. The minimum absolute atomic E-state index is 0.552. The lowest BCUT2D eigenvalue weighted by Crippen LogP contribution is -2.12. The molecule has 3 nitrogen and oxygen atoms in total. The van der Waals surface area contributed by atoms with E-state index in [1.807, 2.05) is 6.07 Å². The van der Waals surface area contributed by atoms with Crippen LogP contribution in [0.4, 0.5) is 5.69 Å². The van der Waals surface area contributed by atoms with E-state index in [2.05, 4.69) is 23.2 Å². The summed E-state index contributed by atoms with van der Waals surface area (Å²) in [6.07, 6.45) is 0. The van der Waals surface area contributed by atoms with Gasteiger partial charge in [-0.3, -0.25) is 0 Å². The second-order valence-electron chi connectivity index (χ2n) is 4.98. The topological polar surface area (TPSA) is 25.6 Å². The van der Waals surface area contributed by atoms with E-state index in [1.54, 1.807) is 7.11 Å². The van der Waals surface area contributed by atoms with Crippen molar-refractivity contribution in [1.82, 2.24) is 5.32 Å². The predicted molar refractivity (Wildman–Crippen MR) is 66.8 cm³/mol. The molecule has 0 saturated carbocycles. The summed E-state index contributed by atoms with van der Waals surface area (Å²) in [4.78, 5) is 3.56. The van der Waals surface area contributed by atoms with Crippen LogP contribution in [0, 0.1) is 12.5 Å². The third kappa shape index (κ3) is 1.37. The molecular weight excluding hydrogens is 212 g/mol. The summed E-state index contributed by atoms with van der Waals surface area (Å²) >= 11 is 0. The first-order chi connectivity index (χ1) is 8.26. The molecule has 1 saturated heterocycles. The summed E-state index contributed by atoms with van der Waals surface area (Å²) in [6.45, 7) is 11.6. The normalized spacial score (nSPS) is 29.6. The van der Waals surface area contributed by atoms with E-state index in [1.165, 1.54) is 11.1 Å². The van der Waals surface area contributed by atoms with Gasteiger partial charge in [-0.15, -0.1) is 0 Å². The molecule has 1 aromatic carbocycles. The smallest absolute Gasteiger partial charge is 0.228 e. The van der Waals surface area contributed by atoms with Gasteiger partial charge in [0.15, 0.2) is 0 Å². The Kier molecular flexibility index (Phi) is 2.34. The highest BCUT2D eigenvalue weighted by atomic mass is 16.5. The lowest BCUT2D eigenvalue weighted by atomic mass is 9.91. The van der Waals surface area contributed by atoms with Gasteiger partial charge in [0.05, 0.1) is 13.7 Å². The number of rotatable bonds is 1. The van der Waals surface area contributed by atoms with Crippen molar-refractivity contribution in [1.29, 1.82) is 0 Å². The maximum atomic E-state index is 7.21. The highest BCUT2D eigenvalue weighted by Gasteiger charge is 2.41. The molecule has 0 aromatic heterocycles. The molecule has 1 aliphatic carbocycles. The molecule has 0 spiro atoms. The first-order valence-corrected chi connectivity index (χ1v) is 6.06. The number of methoxy groups -OCH3 is 1. The lowest BCUT2D eigenvalue weighted by molar-refractivity contribution is 0.416. The minimum Gasteiger partial charge on any atom is -0.508 e. The number of ether oxygens (including phenoxy) is 1. The second-order valence-corrected chi connectivity index (χ2v) is 4.98. The lowest BCUT2D eigenvalue weighted by Gasteiger charge is -2.12. The van der Waals surface area contributed by atoms with Crippen molar-refractivity contribution >= 4 is 5.69 Å². The number of benzene rings is 1. The van der Waals surface area contributed by atoms with Crippen molar-refractivity contribution in [2.24, 2.45) is 5.92 Å². The first-order valence-electron chi connectivity index (χ1n) is 6.06. The van der Waals surface area contributed by atoms with Crippen LogP contribution in [0.25, 0.3) is 4.85 Å². The summed E-state index contributed by atoms with van der Waals surface area (Å²) in [5.74, 6) is 2.57. The van der Waals surface area contributed by atoms with E-state index in [-0.39, 0.29) is 0 Å². The summed E-state index contributed by atoms with van der Waals surface area (Å²) in [7, 11) is 1.64. The van der Waals surface area contributed by atoms with Crippen molar-refractivity contribution in [2.75, 3.05) is 20.2 Å².